The smallest absolute Gasteiger partial charge is 0.337 e. The third-order valence-corrected chi connectivity index (χ3v) is 5.10. The molecule has 1 unspecified atom stereocenters. The van der Waals surface area contributed by atoms with E-state index in [0.717, 1.165) is 24.0 Å². The molecule has 2 amide bonds. The van der Waals surface area contributed by atoms with Gasteiger partial charge in [0.1, 0.15) is 12.4 Å². The monoisotopic (exact) mass is 428 g/mol. The summed E-state index contributed by atoms with van der Waals surface area (Å²) in [6.07, 6.45) is 2.39. The van der Waals surface area contributed by atoms with E-state index in [-0.39, 0.29) is 6.03 Å². The number of allylic oxidation sites excluding steroid dienone is 1. The standard InChI is InChI=1S/C23H25ClN2O4/c1-3-4-8-19-20(22(27)29-2)21(26-23(28)25-19)16-6-5-7-18(13-16)30-14-15-9-11-17(24)12-10-15/h5-7,9-13,21H,3-4,8,14H2,1-2H3,(H2,25,26,28). The number of ether oxygens (including phenoxy) is 2. The van der Waals surface area contributed by atoms with Gasteiger partial charge >= 0.3 is 12.0 Å². The Kier molecular flexibility index (Phi) is 7.36. The Labute approximate surface area is 181 Å². The van der Waals surface area contributed by atoms with Crippen LogP contribution in [0.15, 0.2) is 59.8 Å². The number of carbonyl (C=O) groups is 2. The van der Waals surface area contributed by atoms with Crippen molar-refractivity contribution >= 4 is 23.6 Å². The van der Waals surface area contributed by atoms with Crippen LogP contribution >= 0.6 is 11.6 Å². The molecular formula is C23H25ClN2O4. The lowest BCUT2D eigenvalue weighted by Gasteiger charge is -2.29. The van der Waals surface area contributed by atoms with Gasteiger partial charge in [-0.05, 0) is 48.2 Å². The normalized spacial score (nSPS) is 16.0. The Bertz CT molecular complexity index is 940. The molecule has 1 atom stereocenters. The van der Waals surface area contributed by atoms with E-state index in [9.17, 15) is 9.59 Å². The fourth-order valence-electron chi connectivity index (χ4n) is 3.30. The molecule has 2 aromatic carbocycles. The summed E-state index contributed by atoms with van der Waals surface area (Å²) in [5.74, 6) is 0.167. The summed E-state index contributed by atoms with van der Waals surface area (Å²) in [6.45, 7) is 2.43. The van der Waals surface area contributed by atoms with E-state index in [1.54, 1.807) is 0 Å². The minimum absolute atomic E-state index is 0.341. The molecule has 0 saturated heterocycles. The zero-order chi connectivity index (χ0) is 21.5. The highest BCUT2D eigenvalue weighted by Gasteiger charge is 2.33. The van der Waals surface area contributed by atoms with E-state index >= 15 is 0 Å². The van der Waals surface area contributed by atoms with Gasteiger partial charge in [0, 0.05) is 10.7 Å². The molecule has 0 aliphatic carbocycles. The number of hydrogen-bond donors (Lipinski definition) is 2. The Hall–Kier alpha value is -2.99. The van der Waals surface area contributed by atoms with E-state index in [1.165, 1.54) is 7.11 Å². The third-order valence-electron chi connectivity index (χ3n) is 4.85. The van der Waals surface area contributed by atoms with Gasteiger partial charge < -0.3 is 20.1 Å². The number of rotatable bonds is 8. The molecule has 0 aromatic heterocycles. The SMILES string of the molecule is CCCCC1=C(C(=O)OC)C(c2cccc(OCc3ccc(Cl)cc3)c2)NC(=O)N1. The lowest BCUT2D eigenvalue weighted by Crippen LogP contribution is -2.45. The van der Waals surface area contributed by atoms with Crippen LogP contribution in [-0.4, -0.2) is 19.1 Å². The first kappa shape index (κ1) is 21.7. The maximum absolute atomic E-state index is 12.5. The fourth-order valence-corrected chi connectivity index (χ4v) is 3.43. The first-order valence-electron chi connectivity index (χ1n) is 9.88. The number of benzene rings is 2. The van der Waals surface area contributed by atoms with Crippen LogP contribution in [0.1, 0.15) is 43.4 Å². The molecule has 6 nitrogen and oxygen atoms in total. The van der Waals surface area contributed by atoms with E-state index in [2.05, 4.69) is 17.6 Å². The summed E-state index contributed by atoms with van der Waals surface area (Å²) >= 11 is 5.92. The number of urea groups is 1. The summed E-state index contributed by atoms with van der Waals surface area (Å²) in [6, 6.07) is 13.8. The van der Waals surface area contributed by atoms with Crippen LogP contribution in [0.4, 0.5) is 4.79 Å². The molecule has 0 spiro atoms. The summed E-state index contributed by atoms with van der Waals surface area (Å²) in [5, 5.41) is 6.27. The predicted octanol–water partition coefficient (Wildman–Crippen LogP) is 4.89. The third kappa shape index (κ3) is 5.33. The highest BCUT2D eigenvalue weighted by Crippen LogP contribution is 2.31. The Morgan fingerprint density at radius 3 is 2.63 bits per heavy atom. The summed E-state index contributed by atoms with van der Waals surface area (Å²) in [4.78, 5) is 24.8. The van der Waals surface area contributed by atoms with Crippen LogP contribution in [0.25, 0.3) is 0 Å². The molecule has 0 bridgehead atoms. The second-order valence-electron chi connectivity index (χ2n) is 7.01. The van der Waals surface area contributed by atoms with Gasteiger partial charge in [0.15, 0.2) is 0 Å². The van der Waals surface area contributed by atoms with Gasteiger partial charge in [-0.3, -0.25) is 0 Å². The minimum Gasteiger partial charge on any atom is -0.489 e. The van der Waals surface area contributed by atoms with Crippen molar-refractivity contribution in [2.45, 2.75) is 38.8 Å². The Morgan fingerprint density at radius 2 is 1.93 bits per heavy atom. The lowest BCUT2D eigenvalue weighted by atomic mass is 9.93. The summed E-state index contributed by atoms with van der Waals surface area (Å²) < 4.78 is 10.9. The van der Waals surface area contributed by atoms with E-state index in [1.807, 2.05) is 48.5 Å². The van der Waals surface area contributed by atoms with Crippen molar-refractivity contribution in [1.29, 1.82) is 0 Å². The largest absolute Gasteiger partial charge is 0.489 e. The molecule has 7 heteroatoms. The maximum Gasteiger partial charge on any atom is 0.337 e. The number of carbonyl (C=O) groups excluding carboxylic acids is 2. The molecule has 0 radical (unpaired) electrons. The van der Waals surface area contributed by atoms with Crippen molar-refractivity contribution in [3.8, 4) is 5.75 Å². The zero-order valence-corrected chi connectivity index (χ0v) is 17.8. The molecule has 158 valence electrons. The number of methoxy groups -OCH3 is 1. The first-order valence-corrected chi connectivity index (χ1v) is 10.3. The molecule has 1 aliphatic rings. The number of amides is 2. The van der Waals surface area contributed by atoms with Gasteiger partial charge in [0.25, 0.3) is 0 Å². The number of esters is 1. The van der Waals surface area contributed by atoms with Crippen LogP contribution < -0.4 is 15.4 Å². The average molecular weight is 429 g/mol. The quantitative estimate of drug-likeness (QED) is 0.587. The fraction of sp³-hybridized carbons (Fsp3) is 0.304. The second-order valence-corrected chi connectivity index (χ2v) is 7.44. The maximum atomic E-state index is 12.5. The van der Waals surface area contributed by atoms with Crippen LogP contribution in [0.3, 0.4) is 0 Å². The van der Waals surface area contributed by atoms with Gasteiger partial charge in [-0.25, -0.2) is 9.59 Å². The zero-order valence-electron chi connectivity index (χ0n) is 17.0. The number of unbranched alkanes of at least 4 members (excludes halogenated alkanes) is 1. The lowest BCUT2D eigenvalue weighted by molar-refractivity contribution is -0.136. The minimum atomic E-state index is -0.614. The van der Waals surface area contributed by atoms with Crippen LogP contribution in [-0.2, 0) is 16.1 Å². The topological polar surface area (TPSA) is 76.7 Å². The molecule has 0 fully saturated rings. The van der Waals surface area contributed by atoms with Gasteiger partial charge in [-0.2, -0.15) is 0 Å². The van der Waals surface area contributed by atoms with Crippen molar-refractivity contribution in [1.82, 2.24) is 10.6 Å². The van der Waals surface area contributed by atoms with Crippen molar-refractivity contribution in [3.05, 3.63) is 76.0 Å². The Balaban J connectivity index is 1.86. The molecule has 1 aliphatic heterocycles. The number of halogens is 1. The number of hydrogen-bond acceptors (Lipinski definition) is 4. The van der Waals surface area contributed by atoms with Gasteiger partial charge in [-0.15, -0.1) is 0 Å². The summed E-state index contributed by atoms with van der Waals surface area (Å²) in [5.41, 5.74) is 2.75. The highest BCUT2D eigenvalue weighted by molar-refractivity contribution is 6.30. The Morgan fingerprint density at radius 1 is 1.17 bits per heavy atom. The molecule has 1 heterocycles. The number of nitrogens with one attached hydrogen (secondary N) is 2. The van der Waals surface area contributed by atoms with Gasteiger partial charge in [0.2, 0.25) is 0 Å². The van der Waals surface area contributed by atoms with Crippen LogP contribution in [0, 0.1) is 0 Å². The first-order chi connectivity index (χ1) is 14.5. The molecule has 3 rings (SSSR count). The molecular weight excluding hydrogens is 404 g/mol. The van der Waals surface area contributed by atoms with E-state index < -0.39 is 12.0 Å². The predicted molar refractivity (Wildman–Crippen MR) is 115 cm³/mol. The molecule has 30 heavy (non-hydrogen) atoms. The average Bonchev–Trinajstić information content (AvgIpc) is 2.76. The molecule has 0 saturated carbocycles. The summed E-state index contributed by atoms with van der Waals surface area (Å²) in [7, 11) is 1.34. The van der Waals surface area contributed by atoms with Crippen molar-refractivity contribution in [3.63, 3.8) is 0 Å². The van der Waals surface area contributed by atoms with Crippen LogP contribution in [0.5, 0.6) is 5.75 Å². The van der Waals surface area contributed by atoms with E-state index in [0.29, 0.717) is 35.1 Å². The second kappa shape index (κ2) is 10.2. The highest BCUT2D eigenvalue weighted by atomic mass is 35.5. The van der Waals surface area contributed by atoms with Crippen molar-refractivity contribution < 1.29 is 19.1 Å². The molecule has 2 aromatic rings. The van der Waals surface area contributed by atoms with Crippen LogP contribution in [0.2, 0.25) is 5.02 Å². The van der Waals surface area contributed by atoms with Gasteiger partial charge in [0.05, 0.1) is 18.7 Å². The molecule has 2 N–H and O–H groups in total. The van der Waals surface area contributed by atoms with Gasteiger partial charge in [-0.1, -0.05) is 49.2 Å². The van der Waals surface area contributed by atoms with Crippen molar-refractivity contribution in [2.24, 2.45) is 0 Å². The van der Waals surface area contributed by atoms with Crippen molar-refractivity contribution in [2.75, 3.05) is 7.11 Å². The van der Waals surface area contributed by atoms with E-state index in [4.69, 9.17) is 21.1 Å².